The Kier molecular flexibility index (Phi) is 6.76. The van der Waals surface area contributed by atoms with Gasteiger partial charge in [0.25, 0.3) is 0 Å². The van der Waals surface area contributed by atoms with Crippen molar-refractivity contribution in [1.29, 1.82) is 0 Å². The van der Waals surface area contributed by atoms with E-state index in [4.69, 9.17) is 4.74 Å². The zero-order chi connectivity index (χ0) is 20.9. The molecule has 0 aliphatic carbocycles. The zero-order valence-electron chi connectivity index (χ0n) is 16.0. The van der Waals surface area contributed by atoms with Crippen LogP contribution >= 0.6 is 0 Å². The smallest absolute Gasteiger partial charge is 0.337 e. The Hall–Kier alpha value is -2.91. The number of aryl methyl sites for hydroxylation is 1. The second-order valence-corrected chi connectivity index (χ2v) is 7.74. The Labute approximate surface area is 163 Å². The van der Waals surface area contributed by atoms with Crippen molar-refractivity contribution in [3.63, 3.8) is 0 Å². The molecule has 0 saturated heterocycles. The molecule has 28 heavy (non-hydrogen) atoms. The highest BCUT2D eigenvalue weighted by molar-refractivity contribution is 7.89. The van der Waals surface area contributed by atoms with E-state index in [1.807, 2.05) is 0 Å². The Bertz CT molecular complexity index is 970. The highest BCUT2D eigenvalue weighted by Gasteiger charge is 2.25. The fourth-order valence-electron chi connectivity index (χ4n) is 2.40. The lowest BCUT2D eigenvalue weighted by Crippen LogP contribution is -2.41. The third-order valence-electron chi connectivity index (χ3n) is 3.91. The van der Waals surface area contributed by atoms with Crippen molar-refractivity contribution < 1.29 is 27.5 Å². The minimum Gasteiger partial charge on any atom is -0.495 e. The summed E-state index contributed by atoms with van der Waals surface area (Å²) in [6.07, 6.45) is 0. The molecule has 2 aromatic rings. The lowest BCUT2D eigenvalue weighted by Gasteiger charge is -2.16. The Morgan fingerprint density at radius 2 is 1.68 bits per heavy atom. The normalized spacial score (nSPS) is 12.1. The minimum atomic E-state index is -3.98. The molecule has 2 N–H and O–H groups in total. The van der Waals surface area contributed by atoms with Gasteiger partial charge < -0.3 is 14.8 Å². The topological polar surface area (TPSA) is 111 Å². The molecule has 9 heteroatoms. The lowest BCUT2D eigenvalue weighted by molar-refractivity contribution is -0.117. The van der Waals surface area contributed by atoms with E-state index in [1.165, 1.54) is 51.5 Å². The molecule has 0 heterocycles. The van der Waals surface area contributed by atoms with Crippen LogP contribution < -0.4 is 14.8 Å². The molecule has 150 valence electrons. The maximum Gasteiger partial charge on any atom is 0.337 e. The third-order valence-corrected chi connectivity index (χ3v) is 5.47. The Morgan fingerprint density at radius 1 is 1.04 bits per heavy atom. The summed E-state index contributed by atoms with van der Waals surface area (Å²) in [4.78, 5) is 23.7. The molecular weight excluding hydrogens is 384 g/mol. The highest BCUT2D eigenvalue weighted by atomic mass is 32.2. The monoisotopic (exact) mass is 406 g/mol. The molecule has 0 fully saturated rings. The van der Waals surface area contributed by atoms with Gasteiger partial charge in [0.05, 0.1) is 25.8 Å². The van der Waals surface area contributed by atoms with Crippen molar-refractivity contribution in [3.05, 3.63) is 53.6 Å². The second-order valence-electron chi connectivity index (χ2n) is 6.06. The van der Waals surface area contributed by atoms with E-state index in [9.17, 15) is 18.0 Å². The zero-order valence-corrected chi connectivity index (χ0v) is 16.8. The average molecular weight is 406 g/mol. The SMILES string of the molecule is COC(=O)c1ccc(NC(=O)[C@@H](C)NS(=O)(=O)c2cc(C)ccc2OC)cc1. The van der Waals surface area contributed by atoms with Crippen LogP contribution in [0.25, 0.3) is 0 Å². The number of hydrogen-bond acceptors (Lipinski definition) is 6. The van der Waals surface area contributed by atoms with Gasteiger partial charge in [-0.3, -0.25) is 4.79 Å². The maximum absolute atomic E-state index is 12.7. The summed E-state index contributed by atoms with van der Waals surface area (Å²) >= 11 is 0. The molecule has 0 bridgehead atoms. The average Bonchev–Trinajstić information content (AvgIpc) is 2.67. The summed E-state index contributed by atoms with van der Waals surface area (Å²) in [6, 6.07) is 9.74. The fraction of sp³-hybridized carbons (Fsp3) is 0.263. The fourth-order valence-corrected chi connectivity index (χ4v) is 3.86. The van der Waals surface area contributed by atoms with Crippen LogP contribution in [0, 0.1) is 6.92 Å². The van der Waals surface area contributed by atoms with Crippen LogP contribution in [0.2, 0.25) is 0 Å². The van der Waals surface area contributed by atoms with Gasteiger partial charge in [-0.2, -0.15) is 4.72 Å². The van der Waals surface area contributed by atoms with Gasteiger partial charge in [-0.25, -0.2) is 13.2 Å². The van der Waals surface area contributed by atoms with Crippen molar-refractivity contribution in [2.24, 2.45) is 0 Å². The first-order valence-corrected chi connectivity index (χ1v) is 9.82. The van der Waals surface area contributed by atoms with Crippen molar-refractivity contribution in [3.8, 4) is 5.75 Å². The van der Waals surface area contributed by atoms with E-state index in [-0.39, 0.29) is 10.6 Å². The quantitative estimate of drug-likeness (QED) is 0.681. The molecular formula is C19H22N2O6S. The van der Waals surface area contributed by atoms with Gasteiger partial charge in [0.15, 0.2) is 0 Å². The lowest BCUT2D eigenvalue weighted by atomic mass is 10.2. The molecule has 2 rings (SSSR count). The van der Waals surface area contributed by atoms with E-state index >= 15 is 0 Å². The number of carbonyl (C=O) groups excluding carboxylic acids is 2. The predicted molar refractivity (Wildman–Crippen MR) is 104 cm³/mol. The Morgan fingerprint density at radius 3 is 2.25 bits per heavy atom. The number of esters is 1. The summed E-state index contributed by atoms with van der Waals surface area (Å²) in [5.41, 5.74) is 1.49. The third kappa shape index (κ3) is 5.08. The van der Waals surface area contributed by atoms with Crippen LogP contribution in [0.15, 0.2) is 47.4 Å². The number of rotatable bonds is 7. The molecule has 0 unspecified atom stereocenters. The van der Waals surface area contributed by atoms with E-state index in [0.717, 1.165) is 5.56 Å². The summed E-state index contributed by atoms with van der Waals surface area (Å²) in [5.74, 6) is -0.865. The van der Waals surface area contributed by atoms with Crippen LogP contribution in [0.4, 0.5) is 5.69 Å². The summed E-state index contributed by atoms with van der Waals surface area (Å²) in [6.45, 7) is 3.19. The summed E-state index contributed by atoms with van der Waals surface area (Å²) in [7, 11) is -1.33. The van der Waals surface area contributed by atoms with Crippen molar-refractivity contribution in [1.82, 2.24) is 4.72 Å². The molecule has 1 atom stereocenters. The predicted octanol–water partition coefficient (Wildman–Crippen LogP) is 2.10. The second kappa shape index (κ2) is 8.85. The molecule has 1 amide bonds. The first-order chi connectivity index (χ1) is 13.2. The maximum atomic E-state index is 12.7. The Balaban J connectivity index is 2.11. The standard InChI is InChI=1S/C19H22N2O6S/c1-12-5-10-16(26-3)17(11-12)28(24,25)21-13(2)18(22)20-15-8-6-14(7-9-15)19(23)27-4/h5-11,13,21H,1-4H3,(H,20,22)/t13-/m1/s1. The number of ether oxygens (including phenoxy) is 2. The molecule has 0 spiro atoms. The van der Waals surface area contributed by atoms with E-state index in [0.29, 0.717) is 11.3 Å². The molecule has 0 aliphatic heterocycles. The minimum absolute atomic E-state index is 0.0444. The molecule has 2 aromatic carbocycles. The number of methoxy groups -OCH3 is 2. The van der Waals surface area contributed by atoms with Gasteiger partial charge in [-0.1, -0.05) is 6.07 Å². The molecule has 0 aliphatic rings. The van der Waals surface area contributed by atoms with E-state index < -0.39 is 27.9 Å². The number of anilines is 1. The van der Waals surface area contributed by atoms with Crippen LogP contribution in [0.1, 0.15) is 22.8 Å². The summed E-state index contributed by atoms with van der Waals surface area (Å²) < 4.78 is 37.4. The van der Waals surface area contributed by atoms with Crippen LogP contribution in [-0.4, -0.2) is 40.6 Å². The van der Waals surface area contributed by atoms with Crippen molar-refractivity contribution in [2.75, 3.05) is 19.5 Å². The van der Waals surface area contributed by atoms with Gasteiger partial charge >= 0.3 is 5.97 Å². The summed E-state index contributed by atoms with van der Waals surface area (Å²) in [5, 5.41) is 2.59. The van der Waals surface area contributed by atoms with Crippen molar-refractivity contribution in [2.45, 2.75) is 24.8 Å². The number of nitrogens with one attached hydrogen (secondary N) is 2. The molecule has 0 saturated carbocycles. The highest BCUT2D eigenvalue weighted by Crippen LogP contribution is 2.24. The molecule has 8 nitrogen and oxygen atoms in total. The van der Waals surface area contributed by atoms with Crippen molar-refractivity contribution >= 4 is 27.6 Å². The molecule has 0 aromatic heterocycles. The van der Waals surface area contributed by atoms with Crippen LogP contribution in [-0.2, 0) is 19.6 Å². The van der Waals surface area contributed by atoms with Gasteiger partial charge in [-0.15, -0.1) is 0 Å². The van der Waals surface area contributed by atoms with Gasteiger partial charge in [0, 0.05) is 5.69 Å². The van der Waals surface area contributed by atoms with E-state index in [2.05, 4.69) is 14.8 Å². The first-order valence-electron chi connectivity index (χ1n) is 8.34. The first kappa shape index (κ1) is 21.4. The van der Waals surface area contributed by atoms with Gasteiger partial charge in [0.1, 0.15) is 10.6 Å². The number of carbonyl (C=O) groups is 2. The van der Waals surface area contributed by atoms with Gasteiger partial charge in [-0.05, 0) is 55.8 Å². The van der Waals surface area contributed by atoms with E-state index in [1.54, 1.807) is 19.1 Å². The van der Waals surface area contributed by atoms with Crippen LogP contribution in [0.3, 0.4) is 0 Å². The molecule has 0 radical (unpaired) electrons. The largest absolute Gasteiger partial charge is 0.495 e. The number of benzene rings is 2. The van der Waals surface area contributed by atoms with Crippen LogP contribution in [0.5, 0.6) is 5.75 Å². The number of sulfonamides is 1. The number of amides is 1. The number of hydrogen-bond donors (Lipinski definition) is 2. The van der Waals surface area contributed by atoms with Gasteiger partial charge in [0.2, 0.25) is 15.9 Å².